The van der Waals surface area contributed by atoms with Crippen molar-refractivity contribution in [3.05, 3.63) is 51.0 Å². The highest BCUT2D eigenvalue weighted by Gasteiger charge is 2.63. The molecule has 4 aliphatic rings. The number of benzene rings is 1. The van der Waals surface area contributed by atoms with E-state index in [-0.39, 0.29) is 23.3 Å². The molecule has 0 unspecified atom stereocenters. The van der Waals surface area contributed by atoms with Gasteiger partial charge in [0.15, 0.2) is 11.4 Å². The number of allylic oxidation sites excluding steroid dienone is 1. The van der Waals surface area contributed by atoms with E-state index in [4.69, 9.17) is 5.73 Å². The smallest absolute Gasteiger partial charge is 0.255 e. The van der Waals surface area contributed by atoms with Crippen LogP contribution in [0.5, 0.6) is 5.75 Å². The number of likely N-dealkylation sites (tertiary alicyclic amines) is 1. The highest BCUT2D eigenvalue weighted by atomic mass is 32.2. The average molecular weight is 572 g/mol. The van der Waals surface area contributed by atoms with Gasteiger partial charge < -0.3 is 26.2 Å². The number of Topliss-reactive ketones (excluding diaryl/α,β-unsaturated/α-hetero) is 2. The number of amides is 1. The van der Waals surface area contributed by atoms with Gasteiger partial charge in [-0.05, 0) is 82.2 Å². The van der Waals surface area contributed by atoms with Crippen molar-refractivity contribution in [2.45, 2.75) is 56.0 Å². The zero-order chi connectivity index (χ0) is 29.1. The fourth-order valence-corrected chi connectivity index (χ4v) is 7.75. The van der Waals surface area contributed by atoms with E-state index in [0.717, 1.165) is 31.5 Å². The number of thioether (sulfide) groups is 1. The summed E-state index contributed by atoms with van der Waals surface area (Å²) in [6.07, 6.45) is 5.69. The summed E-state index contributed by atoms with van der Waals surface area (Å²) in [7, 11) is 3.24. The summed E-state index contributed by atoms with van der Waals surface area (Å²) in [5, 5.41) is 45.5. The molecule has 1 amide bonds. The molecule has 1 heterocycles. The molecule has 0 radical (unpaired) electrons. The number of piperidine rings is 1. The molecule has 0 aromatic heterocycles. The van der Waals surface area contributed by atoms with Gasteiger partial charge in [-0.2, -0.15) is 11.8 Å². The number of likely N-dealkylation sites (N-methyl/N-ethyl adjacent to an activating group) is 1. The number of carbonyl (C=O) groups is 3. The van der Waals surface area contributed by atoms with E-state index in [1.807, 2.05) is 12.3 Å². The fraction of sp³-hybridized carbons (Fsp3) is 0.552. The minimum Gasteiger partial charge on any atom is -0.510 e. The van der Waals surface area contributed by atoms with Crippen LogP contribution >= 0.6 is 11.8 Å². The molecule has 40 heavy (non-hydrogen) atoms. The quantitative estimate of drug-likeness (QED) is 0.319. The van der Waals surface area contributed by atoms with Crippen molar-refractivity contribution in [3.8, 4) is 5.75 Å². The van der Waals surface area contributed by atoms with Gasteiger partial charge in [0, 0.05) is 29.4 Å². The van der Waals surface area contributed by atoms with Crippen LogP contribution in [-0.4, -0.2) is 92.8 Å². The number of aliphatic hydroxyl groups excluding tert-OH is 2. The lowest BCUT2D eigenvalue weighted by Gasteiger charge is -2.50. The van der Waals surface area contributed by atoms with E-state index in [9.17, 15) is 34.8 Å². The molecule has 0 spiro atoms. The van der Waals surface area contributed by atoms with Crippen molar-refractivity contribution in [2.24, 2.45) is 17.6 Å². The van der Waals surface area contributed by atoms with Crippen molar-refractivity contribution >= 4 is 29.2 Å². The number of hydrogen-bond acceptors (Lipinski definition) is 10. The number of rotatable bonds is 6. The van der Waals surface area contributed by atoms with Crippen molar-refractivity contribution < 1.29 is 34.8 Å². The maximum absolute atomic E-state index is 14.1. The Hall–Kier alpha value is -2.86. The van der Waals surface area contributed by atoms with Gasteiger partial charge in [0.25, 0.3) is 5.91 Å². The highest BCUT2D eigenvalue weighted by Crippen LogP contribution is 2.53. The fourth-order valence-electron chi connectivity index (χ4n) is 7.22. The highest BCUT2D eigenvalue weighted by molar-refractivity contribution is 7.97. The normalized spacial score (nSPS) is 29.0. The Bertz CT molecular complexity index is 1350. The largest absolute Gasteiger partial charge is 0.510 e. The summed E-state index contributed by atoms with van der Waals surface area (Å²) < 4.78 is 0. The summed E-state index contributed by atoms with van der Waals surface area (Å²) >= 11 is 1.51. The maximum Gasteiger partial charge on any atom is 0.255 e. The number of aliphatic hydroxyl groups is 3. The van der Waals surface area contributed by atoms with Gasteiger partial charge in [-0.15, -0.1) is 0 Å². The summed E-state index contributed by atoms with van der Waals surface area (Å²) in [6, 6.07) is 0.969. The monoisotopic (exact) mass is 571 g/mol. The lowest BCUT2D eigenvalue weighted by Crippen LogP contribution is -2.63. The van der Waals surface area contributed by atoms with Crippen LogP contribution in [0.25, 0.3) is 0 Å². The lowest BCUT2D eigenvalue weighted by atomic mass is 9.58. The predicted octanol–water partition coefficient (Wildman–Crippen LogP) is 1.97. The molecule has 5 rings (SSSR count). The number of ketones is 2. The van der Waals surface area contributed by atoms with Crippen LogP contribution in [-0.2, 0) is 28.3 Å². The van der Waals surface area contributed by atoms with Crippen LogP contribution in [0.3, 0.4) is 0 Å². The number of nitrogens with zero attached hydrogens (tertiary/aromatic N) is 2. The number of hydrogen-bond donors (Lipinski definition) is 5. The number of nitrogens with two attached hydrogens (primary N) is 1. The summed E-state index contributed by atoms with van der Waals surface area (Å²) in [4.78, 5) is 43.7. The first-order chi connectivity index (χ1) is 18.9. The Balaban J connectivity index is 1.68. The molecule has 11 heteroatoms. The van der Waals surface area contributed by atoms with Crippen LogP contribution in [0.15, 0.2) is 28.7 Å². The number of carbonyl (C=O) groups excluding carboxylic acids is 3. The molecule has 1 aromatic carbocycles. The van der Waals surface area contributed by atoms with Crippen molar-refractivity contribution in [1.82, 2.24) is 9.80 Å². The van der Waals surface area contributed by atoms with Crippen LogP contribution < -0.4 is 5.73 Å². The molecule has 0 bridgehead atoms. The Morgan fingerprint density at radius 3 is 2.42 bits per heavy atom. The molecular weight excluding hydrogens is 534 g/mol. The first-order valence-corrected chi connectivity index (χ1v) is 15.0. The molecule has 4 atom stereocenters. The van der Waals surface area contributed by atoms with Gasteiger partial charge >= 0.3 is 0 Å². The van der Waals surface area contributed by atoms with Gasteiger partial charge in [-0.25, -0.2) is 0 Å². The molecule has 1 aromatic rings. The number of fused-ring (bicyclic) bond motifs is 3. The minimum absolute atomic E-state index is 0.0856. The third kappa shape index (κ3) is 4.25. The molecule has 6 N–H and O–H groups in total. The Morgan fingerprint density at radius 2 is 1.82 bits per heavy atom. The van der Waals surface area contributed by atoms with Crippen LogP contribution in [0.2, 0.25) is 0 Å². The summed E-state index contributed by atoms with van der Waals surface area (Å²) in [6.45, 7) is 2.53. The second kappa shape index (κ2) is 10.5. The molecule has 10 nitrogen and oxygen atoms in total. The van der Waals surface area contributed by atoms with E-state index in [1.165, 1.54) is 18.2 Å². The standard InChI is InChI=1S/C29H37N3O7S/c1-31(2)22-18-11-14-10-17-15(12-32-7-5-4-6-8-32)9-16(13-40-3)23(33)20(17)24(34)19(14)26(36)29(18,39)27(37)21(25(22)35)28(30)38/h9,14,18,22,33,35-36,39H,4-8,10-13H2,1-3H3,(H2,30,38)/t14-,18-,22+,29-/m0/s1. The van der Waals surface area contributed by atoms with Crippen LogP contribution in [0.1, 0.15) is 52.7 Å². The molecular formula is C29H37N3O7S. The Labute approximate surface area is 237 Å². The van der Waals surface area contributed by atoms with Crippen LogP contribution in [0, 0.1) is 11.8 Å². The van der Waals surface area contributed by atoms with Crippen LogP contribution in [0.4, 0.5) is 0 Å². The maximum atomic E-state index is 14.1. The molecule has 3 aliphatic carbocycles. The zero-order valence-corrected chi connectivity index (χ0v) is 23.9. The van der Waals surface area contributed by atoms with E-state index < -0.39 is 58.0 Å². The molecule has 1 fully saturated rings. The summed E-state index contributed by atoms with van der Waals surface area (Å²) in [5.74, 6) is -5.77. The number of phenols is 1. The van der Waals surface area contributed by atoms with Crippen molar-refractivity contribution in [2.75, 3.05) is 33.4 Å². The Morgan fingerprint density at radius 1 is 1.15 bits per heavy atom. The topological polar surface area (TPSA) is 165 Å². The minimum atomic E-state index is -2.63. The molecule has 216 valence electrons. The van der Waals surface area contributed by atoms with Gasteiger partial charge in [0.1, 0.15) is 22.8 Å². The second-order valence-corrected chi connectivity index (χ2v) is 12.5. The predicted molar refractivity (Wildman–Crippen MR) is 150 cm³/mol. The molecule has 0 saturated carbocycles. The first-order valence-electron chi connectivity index (χ1n) is 13.7. The number of phenolic OH excluding ortho intramolecular Hbond substituents is 1. The van der Waals surface area contributed by atoms with Crippen molar-refractivity contribution in [1.29, 1.82) is 0 Å². The second-order valence-electron chi connectivity index (χ2n) is 11.6. The Kier molecular flexibility index (Phi) is 7.54. The first kappa shape index (κ1) is 28.7. The van der Waals surface area contributed by atoms with Gasteiger partial charge in [0.2, 0.25) is 5.78 Å². The zero-order valence-electron chi connectivity index (χ0n) is 23.1. The SMILES string of the molecule is CSCc1cc(CN2CCCCC2)c2c(c1O)C(=O)C1=C(O)[C@]3(O)C(=O)C(C(N)=O)=C(O)[C@H](N(C)C)[C@@H]3C[C@@H]1C2. The van der Waals surface area contributed by atoms with E-state index in [0.29, 0.717) is 29.8 Å². The van der Waals surface area contributed by atoms with Gasteiger partial charge in [0.05, 0.1) is 11.6 Å². The summed E-state index contributed by atoms with van der Waals surface area (Å²) in [5.41, 5.74) is 4.22. The third-order valence-electron chi connectivity index (χ3n) is 9.04. The molecule has 1 saturated heterocycles. The van der Waals surface area contributed by atoms with E-state index in [1.54, 1.807) is 19.0 Å². The van der Waals surface area contributed by atoms with Crippen molar-refractivity contribution in [3.63, 3.8) is 0 Å². The molecule has 1 aliphatic heterocycles. The third-order valence-corrected chi connectivity index (χ3v) is 9.64. The van der Waals surface area contributed by atoms with E-state index in [2.05, 4.69) is 4.90 Å². The lowest BCUT2D eigenvalue weighted by molar-refractivity contribution is -0.148. The number of aromatic hydroxyl groups is 1. The average Bonchev–Trinajstić information content (AvgIpc) is 2.89. The van der Waals surface area contributed by atoms with Gasteiger partial charge in [-0.3, -0.25) is 24.2 Å². The van der Waals surface area contributed by atoms with Gasteiger partial charge in [-0.1, -0.05) is 6.42 Å². The number of primary amides is 1. The van der Waals surface area contributed by atoms with E-state index >= 15 is 0 Å².